The molecule has 100 valence electrons. The molecule has 0 aliphatic carbocycles. The van der Waals surface area contributed by atoms with Gasteiger partial charge in [-0.3, -0.25) is 4.79 Å². The monoisotopic (exact) mass is 259 g/mol. The van der Waals surface area contributed by atoms with Crippen molar-refractivity contribution in [3.63, 3.8) is 0 Å². The number of hydrogen-bond donors (Lipinski definition) is 3. The lowest BCUT2D eigenvalue weighted by Crippen LogP contribution is -2.27. The number of carbonyl (C=O) groups is 1. The molecule has 0 saturated carbocycles. The van der Waals surface area contributed by atoms with Crippen molar-refractivity contribution in [1.29, 1.82) is 0 Å². The second-order valence-corrected chi connectivity index (χ2v) is 4.29. The van der Waals surface area contributed by atoms with Crippen molar-refractivity contribution in [2.24, 2.45) is 0 Å². The van der Waals surface area contributed by atoms with Crippen LogP contribution in [-0.2, 0) is 24.2 Å². The molecular formula is C14H17N3O2. The fourth-order valence-corrected chi connectivity index (χ4v) is 1.77. The number of carbonyl (C=O) groups excluding carboxylic acids is 1. The number of aromatic nitrogens is 2. The van der Waals surface area contributed by atoms with Gasteiger partial charge in [0, 0.05) is 25.4 Å². The highest BCUT2D eigenvalue weighted by Gasteiger charge is 2.03. The molecule has 1 amide bonds. The average Bonchev–Trinajstić information content (AvgIpc) is 2.93. The number of aliphatic hydroxyl groups excluding tert-OH is 1. The highest BCUT2D eigenvalue weighted by molar-refractivity contribution is 5.78. The highest BCUT2D eigenvalue weighted by atomic mass is 16.3. The Morgan fingerprint density at radius 1 is 1.26 bits per heavy atom. The minimum atomic E-state index is -0.0108. The van der Waals surface area contributed by atoms with E-state index in [1.54, 1.807) is 12.4 Å². The van der Waals surface area contributed by atoms with Gasteiger partial charge in [0.15, 0.2) is 0 Å². The highest BCUT2D eigenvalue weighted by Crippen LogP contribution is 2.05. The number of benzene rings is 1. The molecule has 0 radical (unpaired) electrons. The lowest BCUT2D eigenvalue weighted by Gasteiger charge is -2.05. The van der Waals surface area contributed by atoms with E-state index >= 15 is 0 Å². The zero-order chi connectivity index (χ0) is 13.5. The van der Waals surface area contributed by atoms with Gasteiger partial charge in [0.25, 0.3) is 0 Å². The molecule has 19 heavy (non-hydrogen) atoms. The first kappa shape index (κ1) is 13.3. The summed E-state index contributed by atoms with van der Waals surface area (Å²) in [6, 6.07) is 7.37. The average molecular weight is 259 g/mol. The standard InChI is InChI=1S/C14H17N3O2/c18-10-12-3-1-11(2-4-12)9-14(19)17-6-5-13-15-7-8-16-13/h1-4,7-8,18H,5-6,9-10H2,(H,15,16)(H,17,19). The number of amides is 1. The fourth-order valence-electron chi connectivity index (χ4n) is 1.77. The van der Waals surface area contributed by atoms with Crippen LogP contribution in [0.15, 0.2) is 36.7 Å². The number of aromatic amines is 1. The summed E-state index contributed by atoms with van der Waals surface area (Å²) in [7, 11) is 0. The van der Waals surface area contributed by atoms with Crippen LogP contribution in [0.25, 0.3) is 0 Å². The van der Waals surface area contributed by atoms with Gasteiger partial charge in [0.2, 0.25) is 5.91 Å². The second kappa shape index (κ2) is 6.70. The van der Waals surface area contributed by atoms with E-state index in [9.17, 15) is 4.79 Å². The molecule has 2 aromatic rings. The van der Waals surface area contributed by atoms with Crippen molar-refractivity contribution in [1.82, 2.24) is 15.3 Å². The van der Waals surface area contributed by atoms with Crippen LogP contribution < -0.4 is 5.32 Å². The summed E-state index contributed by atoms with van der Waals surface area (Å²) in [5.74, 6) is 0.857. The topological polar surface area (TPSA) is 78.0 Å². The minimum Gasteiger partial charge on any atom is -0.392 e. The van der Waals surface area contributed by atoms with Crippen molar-refractivity contribution in [3.05, 3.63) is 53.6 Å². The molecule has 0 saturated heterocycles. The van der Waals surface area contributed by atoms with E-state index in [1.165, 1.54) is 0 Å². The number of nitrogens with zero attached hydrogens (tertiary/aromatic N) is 1. The molecule has 0 aliphatic rings. The van der Waals surface area contributed by atoms with Crippen LogP contribution in [0.4, 0.5) is 0 Å². The van der Waals surface area contributed by atoms with E-state index in [4.69, 9.17) is 5.11 Å². The van der Waals surface area contributed by atoms with Gasteiger partial charge in [-0.25, -0.2) is 4.98 Å². The molecule has 2 rings (SSSR count). The molecule has 1 aromatic heterocycles. The maximum atomic E-state index is 11.7. The Hall–Kier alpha value is -2.14. The van der Waals surface area contributed by atoms with Crippen LogP contribution in [-0.4, -0.2) is 27.5 Å². The zero-order valence-electron chi connectivity index (χ0n) is 10.6. The predicted molar refractivity (Wildman–Crippen MR) is 71.4 cm³/mol. The molecule has 0 fully saturated rings. The third-order valence-corrected chi connectivity index (χ3v) is 2.81. The Labute approximate surface area is 111 Å². The molecule has 0 bridgehead atoms. The van der Waals surface area contributed by atoms with Crippen LogP contribution in [0, 0.1) is 0 Å². The Kier molecular flexibility index (Phi) is 4.69. The molecule has 1 aromatic carbocycles. The van der Waals surface area contributed by atoms with Crippen molar-refractivity contribution < 1.29 is 9.90 Å². The number of aliphatic hydroxyl groups is 1. The molecule has 0 spiro atoms. The van der Waals surface area contributed by atoms with E-state index in [0.29, 0.717) is 19.4 Å². The van der Waals surface area contributed by atoms with Crippen LogP contribution in [0.3, 0.4) is 0 Å². The summed E-state index contributed by atoms with van der Waals surface area (Å²) in [4.78, 5) is 18.8. The fraction of sp³-hybridized carbons (Fsp3) is 0.286. The molecule has 0 unspecified atom stereocenters. The summed E-state index contributed by atoms with van der Waals surface area (Å²) in [5.41, 5.74) is 1.79. The molecule has 1 heterocycles. The summed E-state index contributed by atoms with van der Waals surface area (Å²) in [5, 5.41) is 11.8. The Morgan fingerprint density at radius 2 is 2.00 bits per heavy atom. The van der Waals surface area contributed by atoms with Crippen LogP contribution in [0.2, 0.25) is 0 Å². The normalized spacial score (nSPS) is 10.4. The summed E-state index contributed by atoms with van der Waals surface area (Å²) in [6.45, 7) is 0.594. The maximum absolute atomic E-state index is 11.7. The van der Waals surface area contributed by atoms with E-state index in [-0.39, 0.29) is 12.5 Å². The molecule has 3 N–H and O–H groups in total. The van der Waals surface area contributed by atoms with Gasteiger partial charge in [0.05, 0.1) is 13.0 Å². The van der Waals surface area contributed by atoms with Crippen LogP contribution in [0.5, 0.6) is 0 Å². The minimum absolute atomic E-state index is 0.0108. The molecular weight excluding hydrogens is 242 g/mol. The Morgan fingerprint density at radius 3 is 2.63 bits per heavy atom. The van der Waals surface area contributed by atoms with Crippen LogP contribution >= 0.6 is 0 Å². The van der Waals surface area contributed by atoms with Gasteiger partial charge in [-0.1, -0.05) is 24.3 Å². The van der Waals surface area contributed by atoms with E-state index in [0.717, 1.165) is 17.0 Å². The second-order valence-electron chi connectivity index (χ2n) is 4.29. The zero-order valence-corrected chi connectivity index (χ0v) is 10.6. The largest absolute Gasteiger partial charge is 0.392 e. The molecule has 5 heteroatoms. The van der Waals surface area contributed by atoms with Gasteiger partial charge in [-0.15, -0.1) is 0 Å². The van der Waals surface area contributed by atoms with Crippen molar-refractivity contribution in [2.75, 3.05) is 6.54 Å². The molecule has 0 atom stereocenters. The summed E-state index contributed by atoms with van der Waals surface area (Å²) >= 11 is 0. The van der Waals surface area contributed by atoms with E-state index < -0.39 is 0 Å². The Balaban J connectivity index is 1.74. The van der Waals surface area contributed by atoms with Crippen molar-refractivity contribution in [2.45, 2.75) is 19.4 Å². The third kappa shape index (κ3) is 4.22. The van der Waals surface area contributed by atoms with E-state index in [1.807, 2.05) is 24.3 Å². The number of hydrogen-bond acceptors (Lipinski definition) is 3. The van der Waals surface area contributed by atoms with Gasteiger partial charge < -0.3 is 15.4 Å². The summed E-state index contributed by atoms with van der Waals surface area (Å²) in [6.07, 6.45) is 4.51. The van der Waals surface area contributed by atoms with Gasteiger partial charge in [-0.05, 0) is 11.1 Å². The first-order valence-electron chi connectivity index (χ1n) is 6.21. The SMILES string of the molecule is O=C(Cc1ccc(CO)cc1)NCCc1ncc[nH]1. The Bertz CT molecular complexity index is 506. The number of rotatable bonds is 6. The number of imidazole rings is 1. The lowest BCUT2D eigenvalue weighted by molar-refractivity contribution is -0.120. The van der Waals surface area contributed by atoms with Gasteiger partial charge >= 0.3 is 0 Å². The van der Waals surface area contributed by atoms with Gasteiger partial charge in [0.1, 0.15) is 5.82 Å². The maximum Gasteiger partial charge on any atom is 0.224 e. The number of nitrogens with one attached hydrogen (secondary N) is 2. The van der Waals surface area contributed by atoms with Crippen molar-refractivity contribution >= 4 is 5.91 Å². The first-order valence-corrected chi connectivity index (χ1v) is 6.21. The first-order chi connectivity index (χ1) is 9.28. The quantitative estimate of drug-likeness (QED) is 0.718. The lowest BCUT2D eigenvalue weighted by atomic mass is 10.1. The number of H-pyrrole nitrogens is 1. The van der Waals surface area contributed by atoms with Crippen LogP contribution in [0.1, 0.15) is 17.0 Å². The molecule has 0 aliphatic heterocycles. The third-order valence-electron chi connectivity index (χ3n) is 2.81. The smallest absolute Gasteiger partial charge is 0.224 e. The molecule has 5 nitrogen and oxygen atoms in total. The van der Waals surface area contributed by atoms with Crippen molar-refractivity contribution in [3.8, 4) is 0 Å². The predicted octanol–water partition coefficient (Wildman–Crippen LogP) is 0.803. The van der Waals surface area contributed by atoms with Gasteiger partial charge in [-0.2, -0.15) is 0 Å². The summed E-state index contributed by atoms with van der Waals surface area (Å²) < 4.78 is 0. The van der Waals surface area contributed by atoms with E-state index in [2.05, 4.69) is 15.3 Å².